The number of nitrogens with zero attached hydrogens (tertiary/aromatic N) is 2. The van der Waals surface area contributed by atoms with Crippen LogP contribution in [0.3, 0.4) is 0 Å². The van der Waals surface area contributed by atoms with Crippen LogP contribution in [0.1, 0.15) is 17.4 Å². The summed E-state index contributed by atoms with van der Waals surface area (Å²) in [5.41, 5.74) is 3.72. The Bertz CT molecular complexity index is 889. The lowest BCUT2D eigenvalue weighted by atomic mass is 10.1. The SMILES string of the molecule is CON=C(C(=O)NC1NOC1c1ccc(Cl)cc1)c1csc(NC(=O)CCl)n1. The zero-order valence-electron chi connectivity index (χ0n) is 14.4. The normalized spacial score (nSPS) is 18.9. The van der Waals surface area contributed by atoms with Gasteiger partial charge in [-0.2, -0.15) is 5.48 Å². The van der Waals surface area contributed by atoms with E-state index in [0.29, 0.717) is 10.2 Å². The molecule has 148 valence electrons. The Labute approximate surface area is 174 Å². The molecule has 2 aromatic rings. The molecule has 0 saturated carbocycles. The molecule has 1 fully saturated rings. The number of nitrogens with one attached hydrogen (secondary N) is 3. The molecule has 3 rings (SSSR count). The van der Waals surface area contributed by atoms with Crippen molar-refractivity contribution in [3.05, 3.63) is 45.9 Å². The molecule has 0 spiro atoms. The highest BCUT2D eigenvalue weighted by molar-refractivity contribution is 7.14. The summed E-state index contributed by atoms with van der Waals surface area (Å²) in [5.74, 6) is -1.13. The number of hydroxylamine groups is 1. The predicted molar refractivity (Wildman–Crippen MR) is 105 cm³/mol. The van der Waals surface area contributed by atoms with Crippen LogP contribution in [0.4, 0.5) is 5.13 Å². The van der Waals surface area contributed by atoms with Crippen molar-refractivity contribution in [2.24, 2.45) is 5.16 Å². The second-order valence-electron chi connectivity index (χ2n) is 5.50. The van der Waals surface area contributed by atoms with E-state index in [-0.39, 0.29) is 23.4 Å². The number of hydrogen-bond acceptors (Lipinski definition) is 8. The highest BCUT2D eigenvalue weighted by Crippen LogP contribution is 2.27. The summed E-state index contributed by atoms with van der Waals surface area (Å²) in [7, 11) is 1.32. The molecule has 3 N–H and O–H groups in total. The van der Waals surface area contributed by atoms with Gasteiger partial charge < -0.3 is 15.5 Å². The van der Waals surface area contributed by atoms with Crippen molar-refractivity contribution in [2.75, 3.05) is 18.3 Å². The van der Waals surface area contributed by atoms with Crippen molar-refractivity contribution in [1.29, 1.82) is 0 Å². The number of carbonyl (C=O) groups excluding carboxylic acids is 2. The van der Waals surface area contributed by atoms with Crippen LogP contribution < -0.4 is 16.1 Å². The van der Waals surface area contributed by atoms with Crippen molar-refractivity contribution >= 4 is 57.2 Å². The van der Waals surface area contributed by atoms with E-state index in [1.807, 2.05) is 12.1 Å². The second kappa shape index (κ2) is 9.30. The van der Waals surface area contributed by atoms with Gasteiger partial charge in [0, 0.05) is 10.4 Å². The van der Waals surface area contributed by atoms with E-state index in [1.54, 1.807) is 17.5 Å². The highest BCUT2D eigenvalue weighted by atomic mass is 35.5. The molecule has 1 aromatic carbocycles. The maximum atomic E-state index is 12.7. The Balaban J connectivity index is 1.69. The summed E-state index contributed by atoms with van der Waals surface area (Å²) in [6.07, 6.45) is -0.871. The van der Waals surface area contributed by atoms with Gasteiger partial charge in [-0.25, -0.2) is 4.98 Å². The summed E-state index contributed by atoms with van der Waals surface area (Å²) in [5, 5.41) is 11.5. The highest BCUT2D eigenvalue weighted by Gasteiger charge is 2.36. The molecule has 28 heavy (non-hydrogen) atoms. The third-order valence-corrected chi connectivity index (χ3v) is 4.87. The molecule has 1 aliphatic heterocycles. The average molecular weight is 444 g/mol. The number of aromatic nitrogens is 1. The van der Waals surface area contributed by atoms with Crippen molar-refractivity contribution in [1.82, 2.24) is 15.8 Å². The maximum absolute atomic E-state index is 12.7. The van der Waals surface area contributed by atoms with Gasteiger partial charge in [0.1, 0.15) is 31.0 Å². The molecule has 0 radical (unpaired) electrons. The van der Waals surface area contributed by atoms with Gasteiger partial charge in [0.25, 0.3) is 5.91 Å². The number of hydrogen-bond donors (Lipinski definition) is 3. The van der Waals surface area contributed by atoms with E-state index in [1.165, 1.54) is 7.11 Å². The number of halogens is 2. The fourth-order valence-corrected chi connectivity index (χ4v) is 3.22. The fourth-order valence-electron chi connectivity index (χ4n) is 2.32. The first-order valence-electron chi connectivity index (χ1n) is 7.92. The summed E-state index contributed by atoms with van der Waals surface area (Å²) < 4.78 is 0. The van der Waals surface area contributed by atoms with E-state index in [0.717, 1.165) is 16.9 Å². The van der Waals surface area contributed by atoms with Gasteiger partial charge >= 0.3 is 0 Å². The zero-order chi connectivity index (χ0) is 20.1. The number of amides is 2. The average Bonchev–Trinajstić information content (AvgIpc) is 3.12. The standard InChI is InChI=1S/C16H15Cl2N5O4S/c1-26-22-12(10-7-28-16(19-10)20-11(24)6-17)15(25)21-14-13(27-23-14)8-2-4-9(18)5-3-8/h2-5,7,13-14,23H,6H2,1H3,(H,21,25)(H,19,20,24). The molecule has 9 nitrogen and oxygen atoms in total. The summed E-state index contributed by atoms with van der Waals surface area (Å²) in [6.45, 7) is 0. The minimum atomic E-state index is -0.526. The molecule has 12 heteroatoms. The lowest BCUT2D eigenvalue weighted by Gasteiger charge is -2.37. The van der Waals surface area contributed by atoms with Gasteiger partial charge in [-0.1, -0.05) is 28.9 Å². The van der Waals surface area contributed by atoms with Crippen LogP contribution in [0.25, 0.3) is 0 Å². The van der Waals surface area contributed by atoms with E-state index in [9.17, 15) is 9.59 Å². The summed E-state index contributed by atoms with van der Waals surface area (Å²) in [6, 6.07) is 7.09. The fraction of sp³-hybridized carbons (Fsp3) is 0.250. The first-order valence-corrected chi connectivity index (χ1v) is 9.71. The van der Waals surface area contributed by atoms with Crippen LogP contribution in [0, 0.1) is 0 Å². The largest absolute Gasteiger partial charge is 0.398 e. The van der Waals surface area contributed by atoms with Crippen LogP contribution in [0.15, 0.2) is 34.8 Å². The molecule has 2 heterocycles. The third kappa shape index (κ3) is 4.78. The molecule has 2 atom stereocenters. The van der Waals surface area contributed by atoms with Crippen molar-refractivity contribution in [3.8, 4) is 0 Å². The number of thiazole rings is 1. The minimum absolute atomic E-state index is 0.0475. The van der Waals surface area contributed by atoms with E-state index in [4.69, 9.17) is 32.9 Å². The van der Waals surface area contributed by atoms with Crippen LogP contribution in [-0.4, -0.2) is 41.7 Å². The van der Waals surface area contributed by atoms with Crippen molar-refractivity contribution in [2.45, 2.75) is 12.3 Å². The van der Waals surface area contributed by atoms with Gasteiger partial charge in [0.05, 0.1) is 0 Å². The number of oxime groups is 1. The van der Waals surface area contributed by atoms with Gasteiger partial charge in [-0.15, -0.1) is 22.9 Å². The third-order valence-electron chi connectivity index (χ3n) is 3.62. The topological polar surface area (TPSA) is 114 Å². The Morgan fingerprint density at radius 3 is 2.75 bits per heavy atom. The molecule has 1 aromatic heterocycles. The Morgan fingerprint density at radius 1 is 1.39 bits per heavy atom. The van der Waals surface area contributed by atoms with Crippen molar-refractivity contribution in [3.63, 3.8) is 0 Å². The molecule has 0 aliphatic carbocycles. The number of anilines is 1. The van der Waals surface area contributed by atoms with Crippen LogP contribution in [0.2, 0.25) is 5.02 Å². The van der Waals surface area contributed by atoms with Crippen molar-refractivity contribution < 1.29 is 19.3 Å². The summed E-state index contributed by atoms with van der Waals surface area (Å²) in [4.78, 5) is 38.3. The van der Waals surface area contributed by atoms with Gasteiger partial charge in [0.15, 0.2) is 10.8 Å². The number of alkyl halides is 1. The van der Waals surface area contributed by atoms with Gasteiger partial charge in [-0.3, -0.25) is 14.4 Å². The first-order chi connectivity index (χ1) is 13.5. The first kappa shape index (κ1) is 20.5. The molecular weight excluding hydrogens is 429 g/mol. The Kier molecular flexibility index (Phi) is 6.81. The van der Waals surface area contributed by atoms with Gasteiger partial charge in [-0.05, 0) is 17.7 Å². The van der Waals surface area contributed by atoms with Gasteiger partial charge in [0.2, 0.25) is 5.91 Å². The van der Waals surface area contributed by atoms with E-state index >= 15 is 0 Å². The smallest absolute Gasteiger partial charge is 0.276 e. The monoisotopic (exact) mass is 443 g/mol. The second-order valence-corrected chi connectivity index (χ2v) is 7.06. The van der Waals surface area contributed by atoms with Crippen LogP contribution >= 0.6 is 34.5 Å². The zero-order valence-corrected chi connectivity index (χ0v) is 16.8. The maximum Gasteiger partial charge on any atom is 0.276 e. The molecule has 1 aliphatic rings. The van der Waals surface area contributed by atoms with E-state index in [2.05, 4.69) is 26.3 Å². The number of rotatable bonds is 7. The number of benzene rings is 1. The lowest BCUT2D eigenvalue weighted by Crippen LogP contribution is -2.60. The Hall–Kier alpha value is -2.24. The minimum Gasteiger partial charge on any atom is -0.398 e. The molecule has 2 amide bonds. The van der Waals surface area contributed by atoms with Crippen LogP contribution in [-0.2, 0) is 19.3 Å². The van der Waals surface area contributed by atoms with E-state index < -0.39 is 18.0 Å². The Morgan fingerprint density at radius 2 is 2.14 bits per heavy atom. The lowest BCUT2D eigenvalue weighted by molar-refractivity contribution is -0.184. The molecule has 2 unspecified atom stereocenters. The number of carbonyl (C=O) groups is 2. The summed E-state index contributed by atoms with van der Waals surface area (Å²) >= 11 is 12.5. The molecule has 0 bridgehead atoms. The van der Waals surface area contributed by atoms with Crippen LogP contribution in [0.5, 0.6) is 0 Å². The quantitative estimate of drug-likeness (QED) is 0.342. The predicted octanol–water partition coefficient (Wildman–Crippen LogP) is 2.04. The molecular formula is C16H15Cl2N5O4S. The molecule has 1 saturated heterocycles.